The highest BCUT2D eigenvalue weighted by atomic mass is 16.5. The Morgan fingerprint density at radius 2 is 1.25 bits per heavy atom. The third kappa shape index (κ3) is 7.94. The van der Waals surface area contributed by atoms with Gasteiger partial charge >= 0.3 is 12.2 Å². The van der Waals surface area contributed by atoms with Crippen molar-refractivity contribution in [3.8, 4) is 11.8 Å². The summed E-state index contributed by atoms with van der Waals surface area (Å²) in [6, 6.07) is 9.64. The van der Waals surface area contributed by atoms with E-state index in [-0.39, 0.29) is 29.8 Å². The number of carbonyl (C=O) groups excluding carboxylic acids is 4. The Morgan fingerprint density at radius 1 is 0.774 bits per heavy atom. The number of nitrogens with zero attached hydrogens (tertiary/aromatic N) is 4. The fourth-order valence-electron chi connectivity index (χ4n) is 7.17. The number of fused-ring (bicyclic) bond motifs is 2. The summed E-state index contributed by atoms with van der Waals surface area (Å²) in [5.74, 6) is 7.48. The van der Waals surface area contributed by atoms with E-state index in [9.17, 15) is 19.2 Å². The van der Waals surface area contributed by atoms with Gasteiger partial charge < -0.3 is 39.9 Å². The van der Waals surface area contributed by atoms with Crippen molar-refractivity contribution >= 4 is 46.1 Å². The number of hydrogen-bond donors (Lipinski definition) is 4. The van der Waals surface area contributed by atoms with Gasteiger partial charge in [0.1, 0.15) is 23.7 Å². The quantitative estimate of drug-likeness (QED) is 0.185. The second-order valence-corrected chi connectivity index (χ2v) is 15.1. The number of amides is 4. The summed E-state index contributed by atoms with van der Waals surface area (Å²) < 4.78 is 9.54. The molecule has 2 aliphatic heterocycles. The zero-order valence-corrected chi connectivity index (χ0v) is 31.3. The summed E-state index contributed by atoms with van der Waals surface area (Å²) in [5.41, 5.74) is 4.26. The van der Waals surface area contributed by atoms with Crippen molar-refractivity contribution in [2.75, 3.05) is 27.3 Å². The van der Waals surface area contributed by atoms with Gasteiger partial charge in [0.25, 0.3) is 0 Å². The minimum Gasteiger partial charge on any atom is -0.453 e. The van der Waals surface area contributed by atoms with Gasteiger partial charge in [0, 0.05) is 24.2 Å². The van der Waals surface area contributed by atoms with Crippen LogP contribution in [0.5, 0.6) is 0 Å². The maximum Gasteiger partial charge on any atom is 0.407 e. The Balaban J connectivity index is 1.18. The zero-order valence-electron chi connectivity index (χ0n) is 31.3. The number of aromatic amines is 2. The molecular formula is C39H48N8O6. The van der Waals surface area contributed by atoms with Crippen LogP contribution < -0.4 is 10.6 Å². The molecule has 1 unspecified atom stereocenters. The number of nitrogens with one attached hydrogen (secondary N) is 4. The van der Waals surface area contributed by atoms with E-state index in [0.717, 1.165) is 58.9 Å². The molecule has 2 aromatic heterocycles. The summed E-state index contributed by atoms with van der Waals surface area (Å²) in [5, 5.41) is 5.41. The molecule has 4 heterocycles. The Bertz CT molecular complexity index is 2090. The molecule has 2 saturated heterocycles. The van der Waals surface area contributed by atoms with Crippen LogP contribution in [0.4, 0.5) is 9.59 Å². The fourth-order valence-corrected chi connectivity index (χ4v) is 7.17. The number of likely N-dealkylation sites (tertiary alicyclic amines) is 2. The molecule has 4 atom stereocenters. The fraction of sp³-hybridized carbons (Fsp3) is 0.487. The smallest absolute Gasteiger partial charge is 0.407 e. The number of aromatic nitrogens is 4. The van der Waals surface area contributed by atoms with Crippen LogP contribution in [0.15, 0.2) is 36.4 Å². The predicted octanol–water partition coefficient (Wildman–Crippen LogP) is 5.32. The third-order valence-corrected chi connectivity index (χ3v) is 10.0. The lowest BCUT2D eigenvalue weighted by Crippen LogP contribution is -2.54. The minimum atomic E-state index is -0.754. The number of benzene rings is 2. The third-order valence-electron chi connectivity index (χ3n) is 10.0. The molecule has 4 aromatic rings. The van der Waals surface area contributed by atoms with Crippen LogP contribution in [0.3, 0.4) is 0 Å². The summed E-state index contributed by atoms with van der Waals surface area (Å²) in [6.45, 7) is 10.7. The molecule has 0 saturated carbocycles. The van der Waals surface area contributed by atoms with Gasteiger partial charge in [0.15, 0.2) is 0 Å². The SMILES string of the molecule is COC(=O)N[C@H](C(=O)N1CCC[C@H]1c1nc2ccc(C#Cc3ccc4nc(C5CCCN5C(=O)[C@@H](NC(=O)OC)C(C)(C)C)[nH]c4c3)cc2[nH]1)C(C)C. The van der Waals surface area contributed by atoms with Gasteiger partial charge in [-0.1, -0.05) is 46.5 Å². The Morgan fingerprint density at radius 3 is 1.70 bits per heavy atom. The molecule has 14 nitrogen and oxygen atoms in total. The lowest BCUT2D eigenvalue weighted by atomic mass is 9.85. The van der Waals surface area contributed by atoms with Crippen LogP contribution >= 0.6 is 0 Å². The lowest BCUT2D eigenvalue weighted by Gasteiger charge is -2.34. The Hall–Kier alpha value is -5.58. The first-order valence-electron chi connectivity index (χ1n) is 18.1. The Kier molecular flexibility index (Phi) is 10.7. The van der Waals surface area contributed by atoms with Gasteiger partial charge in [0.2, 0.25) is 11.8 Å². The van der Waals surface area contributed by atoms with Crippen LogP contribution in [0.25, 0.3) is 22.1 Å². The summed E-state index contributed by atoms with van der Waals surface area (Å²) >= 11 is 0. The lowest BCUT2D eigenvalue weighted by molar-refractivity contribution is -0.137. The van der Waals surface area contributed by atoms with Crippen molar-refractivity contribution < 1.29 is 28.7 Å². The number of rotatable bonds is 7. The molecule has 2 fully saturated rings. The van der Waals surface area contributed by atoms with Crippen LogP contribution in [-0.4, -0.2) is 93.1 Å². The highest BCUT2D eigenvalue weighted by Crippen LogP contribution is 2.35. The van der Waals surface area contributed by atoms with Gasteiger partial charge in [-0.05, 0) is 73.4 Å². The first-order valence-corrected chi connectivity index (χ1v) is 18.1. The molecule has 6 rings (SSSR count). The minimum absolute atomic E-state index is 0.117. The van der Waals surface area contributed by atoms with E-state index in [4.69, 9.17) is 19.4 Å². The van der Waals surface area contributed by atoms with Crippen molar-refractivity contribution in [2.24, 2.45) is 11.3 Å². The summed E-state index contributed by atoms with van der Waals surface area (Å²) in [7, 11) is 2.57. The van der Waals surface area contributed by atoms with E-state index >= 15 is 0 Å². The monoisotopic (exact) mass is 724 g/mol. The van der Waals surface area contributed by atoms with Crippen molar-refractivity contribution in [3.63, 3.8) is 0 Å². The van der Waals surface area contributed by atoms with E-state index in [1.54, 1.807) is 9.80 Å². The number of methoxy groups -OCH3 is 2. The number of H-pyrrole nitrogens is 2. The van der Waals surface area contributed by atoms with Crippen LogP contribution in [0.1, 0.15) is 95.2 Å². The predicted molar refractivity (Wildman–Crippen MR) is 198 cm³/mol. The maximum absolute atomic E-state index is 13.8. The average Bonchev–Trinajstić information content (AvgIpc) is 3.95. The van der Waals surface area contributed by atoms with Gasteiger partial charge in [-0.2, -0.15) is 0 Å². The first kappa shape index (κ1) is 37.2. The highest BCUT2D eigenvalue weighted by molar-refractivity contribution is 5.88. The molecule has 0 spiro atoms. The van der Waals surface area contributed by atoms with Crippen LogP contribution in [0, 0.1) is 23.2 Å². The largest absolute Gasteiger partial charge is 0.453 e. The maximum atomic E-state index is 13.8. The molecule has 0 radical (unpaired) electrons. The molecule has 0 bridgehead atoms. The van der Waals surface area contributed by atoms with Gasteiger partial charge in [-0.3, -0.25) is 9.59 Å². The van der Waals surface area contributed by atoms with Gasteiger partial charge in [-0.25, -0.2) is 19.6 Å². The van der Waals surface area contributed by atoms with Gasteiger partial charge in [0.05, 0.1) is 48.4 Å². The van der Waals surface area contributed by atoms with Crippen molar-refractivity contribution in [1.29, 1.82) is 0 Å². The number of hydrogen-bond acceptors (Lipinski definition) is 8. The summed E-state index contributed by atoms with van der Waals surface area (Å²) in [6.07, 6.45) is 1.90. The number of imidazole rings is 2. The van der Waals surface area contributed by atoms with E-state index < -0.39 is 29.7 Å². The molecule has 4 N–H and O–H groups in total. The summed E-state index contributed by atoms with van der Waals surface area (Å²) in [4.78, 5) is 71.4. The number of ether oxygens (including phenoxy) is 2. The molecule has 53 heavy (non-hydrogen) atoms. The molecular weight excluding hydrogens is 676 g/mol. The zero-order chi connectivity index (χ0) is 38.0. The average molecular weight is 725 g/mol. The standard InChI is InChI=1S/C39H48N8O6/c1-22(2)31(44-37(50)52-6)35(48)46-18-8-10-29(46)33-40-25-16-14-23(20-27(25)42-33)12-13-24-15-17-26-28(21-24)43-34(41-26)30-11-9-19-47(30)36(49)32(39(3,4)5)45-38(51)53-7/h14-17,20-22,29-32H,8-11,18-19H2,1-7H3,(H,40,42)(H,41,43)(H,44,50)(H,45,51)/t29-,30?,31-,32+/m0/s1. The molecule has 14 heteroatoms. The molecule has 280 valence electrons. The second-order valence-electron chi connectivity index (χ2n) is 15.1. The molecule has 4 amide bonds. The molecule has 2 aromatic carbocycles. The molecule has 2 aliphatic rings. The highest BCUT2D eigenvalue weighted by Gasteiger charge is 2.41. The first-order chi connectivity index (χ1) is 25.3. The second kappa shape index (κ2) is 15.2. The normalized spacial score (nSPS) is 18.5. The van der Waals surface area contributed by atoms with Crippen molar-refractivity contribution in [2.45, 2.75) is 84.5 Å². The molecule has 0 aliphatic carbocycles. The van der Waals surface area contributed by atoms with Crippen molar-refractivity contribution in [3.05, 3.63) is 59.2 Å². The Labute approximate surface area is 308 Å². The number of alkyl carbamates (subject to hydrolysis) is 2. The number of carbonyl (C=O) groups is 4. The van der Waals surface area contributed by atoms with Crippen LogP contribution in [-0.2, 0) is 19.1 Å². The van der Waals surface area contributed by atoms with E-state index in [1.165, 1.54) is 14.2 Å². The van der Waals surface area contributed by atoms with E-state index in [2.05, 4.69) is 32.4 Å². The van der Waals surface area contributed by atoms with Crippen LogP contribution in [0.2, 0.25) is 0 Å². The van der Waals surface area contributed by atoms with E-state index in [1.807, 2.05) is 71.0 Å². The van der Waals surface area contributed by atoms with Gasteiger partial charge in [-0.15, -0.1) is 0 Å². The van der Waals surface area contributed by atoms with E-state index in [0.29, 0.717) is 24.7 Å². The van der Waals surface area contributed by atoms with Crippen molar-refractivity contribution in [1.82, 2.24) is 40.4 Å². The topological polar surface area (TPSA) is 175 Å².